The van der Waals surface area contributed by atoms with Crippen LogP contribution < -0.4 is 21.8 Å². The van der Waals surface area contributed by atoms with Crippen LogP contribution in [0.4, 0.5) is 0 Å². The highest BCUT2D eigenvalue weighted by Crippen LogP contribution is 2.49. The van der Waals surface area contributed by atoms with E-state index in [4.69, 9.17) is 16.6 Å². The molecule has 1 fully saturated rings. The van der Waals surface area contributed by atoms with Gasteiger partial charge in [0.2, 0.25) is 0 Å². The molecule has 2 aliphatic heterocycles. The molecule has 9 nitrogen and oxygen atoms in total. The van der Waals surface area contributed by atoms with Crippen molar-refractivity contribution in [2.24, 2.45) is 21.4 Å². The zero-order valence-electron chi connectivity index (χ0n) is 26.9. The van der Waals surface area contributed by atoms with E-state index in [0.29, 0.717) is 28.1 Å². The third kappa shape index (κ3) is 6.39. The molecule has 240 valence electrons. The number of nitrogens with zero attached hydrogens (tertiary/aromatic N) is 3. The van der Waals surface area contributed by atoms with E-state index in [1.54, 1.807) is 0 Å². The first-order chi connectivity index (χ1) is 22.1. The quantitative estimate of drug-likeness (QED) is 0.229. The zero-order valence-corrected chi connectivity index (χ0v) is 27.6. The van der Waals surface area contributed by atoms with Crippen molar-refractivity contribution in [3.05, 3.63) is 94.5 Å². The molecular weight excluding hydrogens is 598 g/mol. The average Bonchev–Trinajstić information content (AvgIpc) is 3.68. The SMILES string of the molecule is CC[C@H](c1ccc(C(=O)NCC2=NNNN2)cc1)N1C(=O)C(c2ccc(-c3ccc(Cl)cc3)cc2)=NC12CCC(C(C)(C)C)CC2. The summed E-state index contributed by atoms with van der Waals surface area (Å²) in [5, 5.41) is 7.55. The molecule has 3 aliphatic rings. The number of benzene rings is 3. The van der Waals surface area contributed by atoms with E-state index >= 15 is 0 Å². The lowest BCUT2D eigenvalue weighted by Crippen LogP contribution is -2.51. The van der Waals surface area contributed by atoms with E-state index in [1.807, 2.05) is 72.8 Å². The van der Waals surface area contributed by atoms with Crippen LogP contribution >= 0.6 is 11.6 Å². The Morgan fingerprint density at radius 1 is 0.978 bits per heavy atom. The van der Waals surface area contributed by atoms with Crippen molar-refractivity contribution >= 4 is 35.0 Å². The molecular formula is C36H42ClN7O2. The maximum atomic E-state index is 14.5. The number of rotatable bonds is 8. The highest BCUT2D eigenvalue weighted by molar-refractivity contribution is 6.46. The van der Waals surface area contributed by atoms with Gasteiger partial charge in [-0.1, -0.05) is 87.8 Å². The Morgan fingerprint density at radius 2 is 1.59 bits per heavy atom. The lowest BCUT2D eigenvalue weighted by molar-refractivity contribution is -0.133. The first-order valence-electron chi connectivity index (χ1n) is 16.1. The van der Waals surface area contributed by atoms with Crippen LogP contribution in [0.1, 0.15) is 87.3 Å². The number of nitrogens with one attached hydrogen (secondary N) is 4. The van der Waals surface area contributed by atoms with Gasteiger partial charge in [0.1, 0.15) is 11.4 Å². The van der Waals surface area contributed by atoms with Crippen LogP contribution in [0.3, 0.4) is 0 Å². The molecule has 3 aromatic carbocycles. The lowest BCUT2D eigenvalue weighted by Gasteiger charge is -2.47. The number of hydrazine groups is 2. The fourth-order valence-electron chi connectivity index (χ4n) is 6.99. The van der Waals surface area contributed by atoms with Gasteiger partial charge in [-0.3, -0.25) is 20.0 Å². The van der Waals surface area contributed by atoms with E-state index in [2.05, 4.69) is 59.5 Å². The minimum absolute atomic E-state index is 0.0332. The number of amides is 2. The summed E-state index contributed by atoms with van der Waals surface area (Å²) in [5.74, 6) is 0.931. The summed E-state index contributed by atoms with van der Waals surface area (Å²) in [6.45, 7) is 9.30. The molecule has 0 aromatic heterocycles. The summed E-state index contributed by atoms with van der Waals surface area (Å²) in [7, 11) is 0. The van der Waals surface area contributed by atoms with E-state index < -0.39 is 5.66 Å². The third-order valence-corrected chi connectivity index (χ3v) is 9.91. The number of halogens is 1. The van der Waals surface area contributed by atoms with E-state index in [-0.39, 0.29) is 29.8 Å². The molecule has 46 heavy (non-hydrogen) atoms. The fourth-order valence-corrected chi connectivity index (χ4v) is 7.12. The summed E-state index contributed by atoms with van der Waals surface area (Å²) in [4.78, 5) is 34.7. The summed E-state index contributed by atoms with van der Waals surface area (Å²) in [6, 6.07) is 23.3. The van der Waals surface area contributed by atoms with Gasteiger partial charge in [-0.2, -0.15) is 0 Å². The van der Waals surface area contributed by atoms with Crippen LogP contribution in [0.15, 0.2) is 82.9 Å². The number of amidine groups is 1. The van der Waals surface area contributed by atoms with Crippen molar-refractivity contribution in [3.8, 4) is 11.1 Å². The lowest BCUT2D eigenvalue weighted by atomic mass is 9.69. The number of hydrogen-bond donors (Lipinski definition) is 4. The average molecular weight is 640 g/mol. The number of aliphatic imine (C=N–C) groups is 1. The highest BCUT2D eigenvalue weighted by Gasteiger charge is 2.52. The minimum atomic E-state index is -0.600. The van der Waals surface area contributed by atoms with Crippen molar-refractivity contribution in [2.45, 2.75) is 71.5 Å². The molecule has 0 radical (unpaired) electrons. The molecule has 0 unspecified atom stereocenters. The Balaban J connectivity index is 1.28. The van der Waals surface area contributed by atoms with Crippen LogP contribution in [0, 0.1) is 11.3 Å². The molecule has 10 heteroatoms. The van der Waals surface area contributed by atoms with Crippen LogP contribution in [0.5, 0.6) is 0 Å². The second kappa shape index (κ2) is 12.9. The predicted molar refractivity (Wildman–Crippen MR) is 183 cm³/mol. The number of hydrogen-bond acceptors (Lipinski definition) is 7. The largest absolute Gasteiger partial charge is 0.345 e. The Kier molecular flexibility index (Phi) is 8.90. The summed E-state index contributed by atoms with van der Waals surface area (Å²) in [6.07, 6.45) is 4.41. The molecule has 1 aliphatic carbocycles. The molecule has 2 heterocycles. The second-order valence-electron chi connectivity index (χ2n) is 13.5. The monoisotopic (exact) mass is 639 g/mol. The van der Waals surface area contributed by atoms with E-state index in [0.717, 1.165) is 54.4 Å². The molecule has 6 rings (SSSR count). The second-order valence-corrected chi connectivity index (χ2v) is 13.9. The summed E-state index contributed by atoms with van der Waals surface area (Å²) in [5.41, 5.74) is 12.7. The van der Waals surface area contributed by atoms with Crippen LogP contribution in [0.2, 0.25) is 5.02 Å². The van der Waals surface area contributed by atoms with Gasteiger partial charge in [0.25, 0.3) is 11.8 Å². The van der Waals surface area contributed by atoms with E-state index in [1.165, 1.54) is 0 Å². The van der Waals surface area contributed by atoms with Crippen molar-refractivity contribution in [3.63, 3.8) is 0 Å². The minimum Gasteiger partial charge on any atom is -0.345 e. The van der Waals surface area contributed by atoms with Gasteiger partial charge >= 0.3 is 0 Å². The molecule has 2 amide bonds. The van der Waals surface area contributed by atoms with Gasteiger partial charge in [-0.05, 0) is 84.4 Å². The molecule has 1 atom stereocenters. The highest BCUT2D eigenvalue weighted by atomic mass is 35.5. The predicted octanol–water partition coefficient (Wildman–Crippen LogP) is 6.38. The van der Waals surface area contributed by atoms with Gasteiger partial charge < -0.3 is 10.2 Å². The number of carbonyl (C=O) groups excluding carboxylic acids is 2. The van der Waals surface area contributed by atoms with Crippen LogP contribution in [-0.2, 0) is 4.79 Å². The van der Waals surface area contributed by atoms with Gasteiger partial charge in [0.05, 0.1) is 12.6 Å². The maximum absolute atomic E-state index is 14.5. The van der Waals surface area contributed by atoms with Crippen LogP contribution in [-0.4, -0.2) is 40.5 Å². The molecule has 4 N–H and O–H groups in total. The first kappa shape index (κ1) is 31.8. The summed E-state index contributed by atoms with van der Waals surface area (Å²) < 4.78 is 0. The Hall–Kier alpha value is -4.21. The van der Waals surface area contributed by atoms with Gasteiger partial charge in [-0.15, -0.1) is 10.6 Å². The van der Waals surface area contributed by atoms with Gasteiger partial charge in [-0.25, -0.2) is 5.53 Å². The third-order valence-electron chi connectivity index (χ3n) is 9.66. The normalized spacial score (nSPS) is 21.8. The van der Waals surface area contributed by atoms with Crippen LogP contribution in [0.25, 0.3) is 11.1 Å². The van der Waals surface area contributed by atoms with Crippen molar-refractivity contribution in [1.29, 1.82) is 0 Å². The Labute approximate surface area is 275 Å². The Bertz CT molecular complexity index is 1640. The smallest absolute Gasteiger partial charge is 0.275 e. The first-order valence-corrected chi connectivity index (χ1v) is 16.5. The molecule has 0 saturated heterocycles. The molecule has 1 spiro atoms. The van der Waals surface area contributed by atoms with Crippen molar-refractivity contribution < 1.29 is 9.59 Å². The zero-order chi connectivity index (χ0) is 32.5. The fraction of sp³-hybridized carbons (Fsp3) is 0.389. The van der Waals surface area contributed by atoms with E-state index in [9.17, 15) is 9.59 Å². The van der Waals surface area contributed by atoms with Gasteiger partial charge in [0, 0.05) is 16.1 Å². The summed E-state index contributed by atoms with van der Waals surface area (Å²) >= 11 is 6.10. The topological polar surface area (TPSA) is 110 Å². The molecule has 3 aromatic rings. The molecule has 0 bridgehead atoms. The standard InChI is InChI=1S/C36H42ClN7O2/c1-5-30(25-8-12-27(13-9-25)33(45)38-22-31-40-42-43-41-31)44-34(46)32(39-36(44)20-18-28(19-21-36)35(2,3)4)26-10-6-23(7-11-26)24-14-16-29(37)17-15-24/h6-17,28,30,42-43H,5,18-22H2,1-4H3,(H,38,45)(H,40,41)/t28?,30-,36?/m1/s1. The van der Waals surface area contributed by atoms with Crippen molar-refractivity contribution in [1.82, 2.24) is 26.7 Å². The number of hydrazone groups is 1. The van der Waals surface area contributed by atoms with Crippen molar-refractivity contribution in [2.75, 3.05) is 6.54 Å². The maximum Gasteiger partial charge on any atom is 0.275 e. The Morgan fingerprint density at radius 3 is 2.15 bits per heavy atom. The molecule has 1 saturated carbocycles. The van der Waals surface area contributed by atoms with Gasteiger partial charge in [0.15, 0.2) is 5.84 Å². The number of carbonyl (C=O) groups is 2.